The lowest BCUT2D eigenvalue weighted by Crippen LogP contribution is -2.12. The summed E-state index contributed by atoms with van der Waals surface area (Å²) in [5.41, 5.74) is 2.75. The van der Waals surface area contributed by atoms with Crippen molar-refractivity contribution in [1.29, 1.82) is 0 Å². The normalized spacial score (nSPS) is 11.8. The molecular weight excluding hydrogens is 404 g/mol. The summed E-state index contributed by atoms with van der Waals surface area (Å²) in [6.07, 6.45) is 3.31. The number of benzene rings is 2. The Bertz CT molecular complexity index is 1240. The number of rotatable bonds is 7. The summed E-state index contributed by atoms with van der Waals surface area (Å²) in [5, 5.41) is 10.8. The van der Waals surface area contributed by atoms with E-state index in [1.165, 1.54) is 0 Å². The van der Waals surface area contributed by atoms with Gasteiger partial charge in [-0.3, -0.25) is 4.79 Å². The minimum atomic E-state index is -1.09. The number of aromatic nitrogens is 2. The minimum absolute atomic E-state index is 0.0445. The standard InChI is InChI=1S/C22H18N2O5S/c1-2-28-20(25)13-24-12-14(15-7-3-5-9-17(15)24)11-19(21(26)27)30-22-23-16-8-4-6-10-18(16)29-22/h3-12H,2,13H2,1H3,(H,26,27)/b19-11-. The summed E-state index contributed by atoms with van der Waals surface area (Å²) in [4.78, 5) is 28.2. The second-order valence-corrected chi connectivity index (χ2v) is 7.39. The molecule has 0 bridgehead atoms. The molecule has 0 aliphatic rings. The van der Waals surface area contributed by atoms with E-state index in [1.54, 1.807) is 35.9 Å². The SMILES string of the molecule is CCOC(=O)Cn1cc(/C=C(\Sc2nc3ccccc3o2)C(=O)O)c2ccccc21. The lowest BCUT2D eigenvalue weighted by Gasteiger charge is -2.04. The molecule has 30 heavy (non-hydrogen) atoms. The maximum atomic E-state index is 11.9. The minimum Gasteiger partial charge on any atom is -0.477 e. The van der Waals surface area contributed by atoms with Crippen LogP contribution in [0.15, 0.2) is 69.3 Å². The summed E-state index contributed by atoms with van der Waals surface area (Å²) >= 11 is 0.940. The van der Waals surface area contributed by atoms with E-state index in [2.05, 4.69) is 4.98 Å². The maximum absolute atomic E-state index is 11.9. The number of carboxylic acids is 1. The third-order valence-corrected chi connectivity index (χ3v) is 5.25. The predicted octanol–water partition coefficient (Wildman–Crippen LogP) is 4.56. The number of esters is 1. The molecule has 2 aromatic carbocycles. The number of carboxylic acid groups (broad SMARTS) is 1. The van der Waals surface area contributed by atoms with Crippen LogP contribution < -0.4 is 0 Å². The Hall–Kier alpha value is -3.52. The third-order valence-electron chi connectivity index (χ3n) is 4.39. The van der Waals surface area contributed by atoms with E-state index in [0.717, 1.165) is 22.7 Å². The Morgan fingerprint density at radius 3 is 2.73 bits per heavy atom. The van der Waals surface area contributed by atoms with Crippen molar-refractivity contribution in [2.45, 2.75) is 18.7 Å². The van der Waals surface area contributed by atoms with Gasteiger partial charge in [0.05, 0.1) is 6.61 Å². The van der Waals surface area contributed by atoms with Crippen molar-refractivity contribution < 1.29 is 23.8 Å². The van der Waals surface area contributed by atoms with Gasteiger partial charge in [0.25, 0.3) is 5.22 Å². The van der Waals surface area contributed by atoms with Gasteiger partial charge in [0, 0.05) is 22.7 Å². The van der Waals surface area contributed by atoms with Gasteiger partial charge in [-0.15, -0.1) is 0 Å². The molecule has 8 heteroatoms. The van der Waals surface area contributed by atoms with Crippen LogP contribution in [0.2, 0.25) is 0 Å². The molecule has 0 fully saturated rings. The number of carbonyl (C=O) groups excluding carboxylic acids is 1. The van der Waals surface area contributed by atoms with Gasteiger partial charge in [-0.05, 0) is 43.0 Å². The van der Waals surface area contributed by atoms with Crippen LogP contribution in [0, 0.1) is 0 Å². The van der Waals surface area contributed by atoms with Crippen LogP contribution >= 0.6 is 11.8 Å². The first-order chi connectivity index (χ1) is 14.5. The van der Waals surface area contributed by atoms with E-state index in [9.17, 15) is 14.7 Å². The lowest BCUT2D eigenvalue weighted by molar-refractivity contribution is -0.143. The highest BCUT2D eigenvalue weighted by Gasteiger charge is 2.17. The molecule has 0 saturated carbocycles. The number of hydrogen-bond acceptors (Lipinski definition) is 6. The van der Waals surface area contributed by atoms with Gasteiger partial charge in [-0.25, -0.2) is 9.78 Å². The number of carbonyl (C=O) groups is 2. The summed E-state index contributed by atoms with van der Waals surface area (Å²) in [6, 6.07) is 14.7. The molecule has 0 aliphatic carbocycles. The quantitative estimate of drug-likeness (QED) is 0.265. The summed E-state index contributed by atoms with van der Waals surface area (Å²) < 4.78 is 12.4. The Morgan fingerprint density at radius 2 is 1.97 bits per heavy atom. The summed E-state index contributed by atoms with van der Waals surface area (Å²) in [7, 11) is 0. The largest absolute Gasteiger partial charge is 0.477 e. The first kappa shape index (κ1) is 19.8. The van der Waals surface area contributed by atoms with Gasteiger partial charge in [0.1, 0.15) is 17.0 Å². The van der Waals surface area contributed by atoms with Gasteiger partial charge in [-0.2, -0.15) is 0 Å². The molecule has 0 unspecified atom stereocenters. The molecule has 0 saturated heterocycles. The van der Waals surface area contributed by atoms with Crippen LogP contribution in [0.1, 0.15) is 12.5 Å². The second-order valence-electron chi connectivity index (χ2n) is 6.40. The van der Waals surface area contributed by atoms with Crippen molar-refractivity contribution in [3.63, 3.8) is 0 Å². The zero-order valence-electron chi connectivity index (χ0n) is 16.1. The fourth-order valence-electron chi connectivity index (χ4n) is 3.13. The number of thioether (sulfide) groups is 1. The first-order valence-electron chi connectivity index (χ1n) is 9.27. The number of fused-ring (bicyclic) bond motifs is 2. The lowest BCUT2D eigenvalue weighted by atomic mass is 10.1. The average Bonchev–Trinajstić information content (AvgIpc) is 3.29. The van der Waals surface area contributed by atoms with Crippen molar-refractivity contribution in [1.82, 2.24) is 9.55 Å². The van der Waals surface area contributed by atoms with Crippen LogP contribution in [0.3, 0.4) is 0 Å². The first-order valence-corrected chi connectivity index (χ1v) is 10.1. The number of hydrogen-bond donors (Lipinski definition) is 1. The van der Waals surface area contributed by atoms with E-state index < -0.39 is 5.97 Å². The third kappa shape index (κ3) is 4.08. The predicted molar refractivity (Wildman–Crippen MR) is 114 cm³/mol. The highest BCUT2D eigenvalue weighted by Crippen LogP contribution is 2.32. The zero-order valence-corrected chi connectivity index (χ0v) is 16.9. The Morgan fingerprint density at radius 1 is 1.20 bits per heavy atom. The Balaban J connectivity index is 1.71. The van der Waals surface area contributed by atoms with E-state index >= 15 is 0 Å². The molecule has 2 heterocycles. The fraction of sp³-hybridized carbons (Fsp3) is 0.136. The second kappa shape index (κ2) is 8.46. The van der Waals surface area contributed by atoms with E-state index in [-0.39, 0.29) is 22.6 Å². The molecule has 4 aromatic rings. The van der Waals surface area contributed by atoms with Crippen LogP contribution in [0.25, 0.3) is 28.1 Å². The molecule has 4 rings (SSSR count). The van der Waals surface area contributed by atoms with Crippen molar-refractivity contribution in [3.8, 4) is 0 Å². The van der Waals surface area contributed by atoms with Gasteiger partial charge in [-0.1, -0.05) is 30.3 Å². The van der Waals surface area contributed by atoms with E-state index in [4.69, 9.17) is 9.15 Å². The van der Waals surface area contributed by atoms with Crippen LogP contribution in [0.4, 0.5) is 0 Å². The highest BCUT2D eigenvalue weighted by molar-refractivity contribution is 8.03. The van der Waals surface area contributed by atoms with Gasteiger partial charge in [0.2, 0.25) is 0 Å². The van der Waals surface area contributed by atoms with Crippen LogP contribution in [0.5, 0.6) is 0 Å². The number of nitrogens with zero attached hydrogens (tertiary/aromatic N) is 2. The van der Waals surface area contributed by atoms with Crippen molar-refractivity contribution in [3.05, 3.63) is 65.2 Å². The molecule has 0 aliphatic heterocycles. The molecule has 1 N–H and O–H groups in total. The van der Waals surface area contributed by atoms with Crippen LogP contribution in [-0.4, -0.2) is 33.2 Å². The molecule has 0 radical (unpaired) electrons. The van der Waals surface area contributed by atoms with Crippen molar-refractivity contribution in [2.75, 3.05) is 6.61 Å². The van der Waals surface area contributed by atoms with Crippen molar-refractivity contribution in [2.24, 2.45) is 0 Å². The maximum Gasteiger partial charge on any atom is 0.342 e. The molecule has 0 amide bonds. The molecular formula is C22H18N2O5S. The smallest absolute Gasteiger partial charge is 0.342 e. The summed E-state index contributed by atoms with van der Waals surface area (Å²) in [6.45, 7) is 2.10. The average molecular weight is 422 g/mol. The fourth-order valence-corrected chi connectivity index (χ4v) is 3.87. The Kier molecular flexibility index (Phi) is 5.58. The number of ether oxygens (including phenoxy) is 1. The Labute approximate surface area is 176 Å². The highest BCUT2D eigenvalue weighted by atomic mass is 32.2. The van der Waals surface area contributed by atoms with Crippen molar-refractivity contribution >= 4 is 51.8 Å². The number of para-hydroxylation sites is 3. The van der Waals surface area contributed by atoms with Gasteiger partial charge < -0.3 is 18.8 Å². The topological polar surface area (TPSA) is 94.6 Å². The summed E-state index contributed by atoms with van der Waals surface area (Å²) in [5.74, 6) is -1.45. The monoisotopic (exact) mass is 422 g/mol. The van der Waals surface area contributed by atoms with Crippen LogP contribution in [-0.2, 0) is 20.9 Å². The molecule has 152 valence electrons. The van der Waals surface area contributed by atoms with Gasteiger partial charge in [0.15, 0.2) is 5.58 Å². The van der Waals surface area contributed by atoms with E-state index in [1.807, 2.05) is 36.4 Å². The van der Waals surface area contributed by atoms with Gasteiger partial charge >= 0.3 is 11.9 Å². The molecule has 0 spiro atoms. The molecule has 0 atom stereocenters. The zero-order chi connectivity index (χ0) is 21.1. The molecule has 2 aromatic heterocycles. The number of oxazole rings is 1. The molecule has 7 nitrogen and oxygen atoms in total. The van der Waals surface area contributed by atoms with E-state index in [0.29, 0.717) is 23.3 Å². The number of aliphatic carboxylic acids is 1.